The summed E-state index contributed by atoms with van der Waals surface area (Å²) in [7, 11) is 0. The normalized spacial score (nSPS) is 9.64. The number of rotatable bonds is 8. The summed E-state index contributed by atoms with van der Waals surface area (Å²) in [6, 6.07) is 16.9. The van der Waals surface area contributed by atoms with Crippen molar-refractivity contribution in [3.63, 3.8) is 0 Å². The van der Waals surface area contributed by atoms with Gasteiger partial charge in [-0.15, -0.1) is 0 Å². The first-order valence-electron chi connectivity index (χ1n) is 9.63. The van der Waals surface area contributed by atoms with Crippen LogP contribution in [0, 0.1) is 0 Å². The minimum Gasteiger partial charge on any atom is -0.490 e. The molecule has 0 radical (unpaired) electrons. The van der Waals surface area contributed by atoms with E-state index in [4.69, 9.17) is 9.47 Å². The molecule has 0 amide bonds. The van der Waals surface area contributed by atoms with Gasteiger partial charge in [-0.1, -0.05) is 95.5 Å². The molecular weight excluding hydrogens is 348 g/mol. The quantitative estimate of drug-likeness (QED) is 0.225. The van der Waals surface area contributed by atoms with Crippen LogP contribution in [0.25, 0.3) is 11.6 Å². The highest BCUT2D eigenvalue weighted by Gasteiger charge is 2.13. The maximum atomic E-state index is 12.4. The van der Waals surface area contributed by atoms with Crippen molar-refractivity contribution in [1.29, 1.82) is 0 Å². The van der Waals surface area contributed by atoms with Crippen LogP contribution in [-0.4, -0.2) is 19.2 Å². The lowest BCUT2D eigenvalue weighted by atomic mass is 10.0. The molecule has 0 aliphatic carbocycles. The Morgan fingerprint density at radius 1 is 0.857 bits per heavy atom. The molecule has 0 N–H and O–H groups in total. The zero-order valence-corrected chi connectivity index (χ0v) is 17.5. The molecule has 2 aromatic rings. The number of hydrogen-bond acceptors (Lipinski definition) is 3. The van der Waals surface area contributed by atoms with E-state index in [0.29, 0.717) is 12.2 Å². The molecule has 0 aromatic heterocycles. The van der Waals surface area contributed by atoms with Crippen LogP contribution >= 0.6 is 0 Å². The van der Waals surface area contributed by atoms with Crippen LogP contribution in [0.1, 0.15) is 38.8 Å². The average Bonchev–Trinajstić information content (AvgIpc) is 2.78. The highest BCUT2D eigenvalue weighted by atomic mass is 16.5. The minimum atomic E-state index is -0.390. The summed E-state index contributed by atoms with van der Waals surface area (Å²) >= 11 is 0. The molecular formula is C25H32O3. The zero-order valence-electron chi connectivity index (χ0n) is 17.5. The number of carbonyl (C=O) groups excluding carboxylic acids is 1. The first-order chi connectivity index (χ1) is 13.7. The molecule has 0 unspecified atom stereocenters. The third kappa shape index (κ3) is 9.04. The molecule has 0 fully saturated rings. The third-order valence-corrected chi connectivity index (χ3v) is 3.20. The van der Waals surface area contributed by atoms with Crippen LogP contribution in [-0.2, 0) is 9.53 Å². The predicted molar refractivity (Wildman–Crippen MR) is 120 cm³/mol. The van der Waals surface area contributed by atoms with Gasteiger partial charge in [-0.3, -0.25) is 0 Å². The van der Waals surface area contributed by atoms with Crippen LogP contribution in [0.5, 0.6) is 5.75 Å². The van der Waals surface area contributed by atoms with Gasteiger partial charge in [0.05, 0.1) is 5.57 Å². The van der Waals surface area contributed by atoms with Gasteiger partial charge < -0.3 is 9.47 Å². The summed E-state index contributed by atoms with van der Waals surface area (Å²) in [4.78, 5) is 12.4. The Hall–Kier alpha value is -3.07. The van der Waals surface area contributed by atoms with E-state index < -0.39 is 5.97 Å². The molecule has 0 atom stereocenters. The molecule has 150 valence electrons. The molecule has 0 bridgehead atoms. The lowest BCUT2D eigenvalue weighted by Gasteiger charge is -2.09. The van der Waals surface area contributed by atoms with Crippen molar-refractivity contribution in [1.82, 2.24) is 0 Å². The van der Waals surface area contributed by atoms with Gasteiger partial charge in [0.25, 0.3) is 0 Å². The van der Waals surface area contributed by atoms with Gasteiger partial charge in [-0.05, 0) is 29.3 Å². The van der Waals surface area contributed by atoms with Gasteiger partial charge >= 0.3 is 5.97 Å². The summed E-state index contributed by atoms with van der Waals surface area (Å²) in [6.45, 7) is 15.8. The van der Waals surface area contributed by atoms with E-state index in [1.54, 1.807) is 12.2 Å². The number of carbonyl (C=O) groups is 1. The van der Waals surface area contributed by atoms with Gasteiger partial charge in [0.15, 0.2) is 0 Å². The van der Waals surface area contributed by atoms with Gasteiger partial charge in [-0.2, -0.15) is 0 Å². The molecule has 0 spiro atoms. The third-order valence-electron chi connectivity index (χ3n) is 3.20. The van der Waals surface area contributed by atoms with Crippen molar-refractivity contribution >= 4 is 17.6 Å². The smallest absolute Gasteiger partial charge is 0.339 e. The van der Waals surface area contributed by atoms with Crippen LogP contribution in [0.2, 0.25) is 0 Å². The van der Waals surface area contributed by atoms with Crippen molar-refractivity contribution in [3.05, 3.63) is 91.0 Å². The Kier molecular flexibility index (Phi) is 14.4. The first-order valence-corrected chi connectivity index (χ1v) is 9.63. The van der Waals surface area contributed by atoms with Crippen molar-refractivity contribution in [2.45, 2.75) is 27.7 Å². The van der Waals surface area contributed by atoms with E-state index in [-0.39, 0.29) is 6.61 Å². The maximum absolute atomic E-state index is 12.4. The van der Waals surface area contributed by atoms with Crippen LogP contribution in [0.3, 0.4) is 0 Å². The summed E-state index contributed by atoms with van der Waals surface area (Å²) in [6.07, 6.45) is 5.04. The van der Waals surface area contributed by atoms with Crippen LogP contribution in [0.15, 0.2) is 79.9 Å². The van der Waals surface area contributed by atoms with Gasteiger partial charge in [0, 0.05) is 0 Å². The fourth-order valence-corrected chi connectivity index (χ4v) is 2.07. The van der Waals surface area contributed by atoms with Crippen LogP contribution < -0.4 is 4.74 Å². The molecule has 2 rings (SSSR count). The van der Waals surface area contributed by atoms with E-state index in [9.17, 15) is 4.79 Å². The molecule has 2 aromatic carbocycles. The second kappa shape index (κ2) is 16.1. The van der Waals surface area contributed by atoms with Crippen molar-refractivity contribution in [2.24, 2.45) is 0 Å². The summed E-state index contributed by atoms with van der Waals surface area (Å²) in [5.74, 6) is 0.329. The topological polar surface area (TPSA) is 35.5 Å². The highest BCUT2D eigenvalue weighted by molar-refractivity contribution is 6.21. The Balaban J connectivity index is 0.00000171. The maximum Gasteiger partial charge on any atom is 0.339 e. The van der Waals surface area contributed by atoms with E-state index in [1.165, 1.54) is 0 Å². The molecule has 28 heavy (non-hydrogen) atoms. The van der Waals surface area contributed by atoms with E-state index >= 15 is 0 Å². The largest absolute Gasteiger partial charge is 0.490 e. The Bertz CT molecular complexity index is 713. The van der Waals surface area contributed by atoms with E-state index in [1.807, 2.05) is 88.4 Å². The SMILES string of the molecule is C=CCOC(=O)/C(=C/c1ccccc1)c1ccc(OCC=C)cc1.CC.CC. The Labute approximate surface area is 170 Å². The van der Waals surface area contributed by atoms with Gasteiger partial charge in [0.1, 0.15) is 19.0 Å². The Morgan fingerprint density at radius 2 is 1.43 bits per heavy atom. The molecule has 0 saturated carbocycles. The van der Waals surface area contributed by atoms with Crippen molar-refractivity contribution in [2.75, 3.05) is 13.2 Å². The second-order valence-corrected chi connectivity index (χ2v) is 4.98. The van der Waals surface area contributed by atoms with E-state index in [2.05, 4.69) is 13.2 Å². The molecule has 0 saturated heterocycles. The van der Waals surface area contributed by atoms with Crippen molar-refractivity contribution in [3.8, 4) is 5.75 Å². The molecule has 0 aliphatic rings. The van der Waals surface area contributed by atoms with Crippen molar-refractivity contribution < 1.29 is 14.3 Å². The lowest BCUT2D eigenvalue weighted by Crippen LogP contribution is -2.07. The molecule has 3 nitrogen and oxygen atoms in total. The summed E-state index contributed by atoms with van der Waals surface area (Å²) < 4.78 is 10.7. The average molecular weight is 381 g/mol. The molecule has 0 aliphatic heterocycles. The zero-order chi connectivity index (χ0) is 21.2. The predicted octanol–water partition coefficient (Wildman–Crippen LogP) is 6.57. The van der Waals surface area contributed by atoms with Crippen LogP contribution in [0.4, 0.5) is 0 Å². The van der Waals surface area contributed by atoms with E-state index in [0.717, 1.165) is 16.9 Å². The number of ether oxygens (including phenoxy) is 2. The number of benzene rings is 2. The molecule has 0 heterocycles. The van der Waals surface area contributed by atoms with Gasteiger partial charge in [-0.25, -0.2) is 4.79 Å². The summed E-state index contributed by atoms with van der Waals surface area (Å²) in [5, 5.41) is 0. The highest BCUT2D eigenvalue weighted by Crippen LogP contribution is 2.23. The minimum absolute atomic E-state index is 0.172. The van der Waals surface area contributed by atoms with Gasteiger partial charge in [0.2, 0.25) is 0 Å². The fourth-order valence-electron chi connectivity index (χ4n) is 2.07. The number of esters is 1. The number of hydrogen-bond donors (Lipinski definition) is 0. The molecule has 3 heteroatoms. The standard InChI is InChI=1S/C21H20O3.2C2H6/c1-3-14-23-19-12-10-18(11-13-19)20(21(22)24-15-4-2)16-17-8-6-5-7-9-17;2*1-2/h3-13,16H,1-2,14-15H2;2*1-2H3/b20-16+;;. The first kappa shape index (κ1) is 24.9. The lowest BCUT2D eigenvalue weighted by molar-refractivity contribution is -0.135. The summed E-state index contributed by atoms with van der Waals surface area (Å²) in [5.41, 5.74) is 2.17. The Morgan fingerprint density at radius 3 is 1.96 bits per heavy atom. The fraction of sp³-hybridized carbons (Fsp3) is 0.240. The second-order valence-electron chi connectivity index (χ2n) is 4.98. The monoisotopic (exact) mass is 380 g/mol.